The lowest BCUT2D eigenvalue weighted by Crippen LogP contribution is -2.36. The van der Waals surface area contributed by atoms with Crippen LogP contribution in [0, 0.1) is 0 Å². The van der Waals surface area contributed by atoms with E-state index in [-0.39, 0.29) is 35.0 Å². The molecule has 0 aliphatic carbocycles. The van der Waals surface area contributed by atoms with Gasteiger partial charge in [-0.05, 0) is 66.9 Å². The molecule has 1 aliphatic rings. The molecule has 8 nitrogen and oxygen atoms in total. The molecule has 0 radical (unpaired) electrons. The Labute approximate surface area is 192 Å². The summed E-state index contributed by atoms with van der Waals surface area (Å²) in [4.78, 5) is 14.6. The predicted molar refractivity (Wildman–Crippen MR) is 120 cm³/mol. The van der Waals surface area contributed by atoms with Crippen LogP contribution in [0.25, 0.3) is 0 Å². The smallest absolute Gasteiger partial charge is 0.339 e. The molecule has 1 fully saturated rings. The van der Waals surface area contributed by atoms with Crippen molar-refractivity contribution < 1.29 is 31.3 Å². The minimum absolute atomic E-state index is 0.0155. The summed E-state index contributed by atoms with van der Waals surface area (Å²) in [7, 11) is -2.52. The second-order valence-electron chi connectivity index (χ2n) is 7.66. The summed E-state index contributed by atoms with van der Waals surface area (Å²) >= 11 is 0. The van der Waals surface area contributed by atoms with E-state index in [0.717, 1.165) is 18.4 Å². The van der Waals surface area contributed by atoms with Crippen LogP contribution in [0.5, 0.6) is 11.5 Å². The third-order valence-corrected chi connectivity index (χ3v) is 6.55. The molecule has 0 spiro atoms. The molecule has 2 heterocycles. The van der Waals surface area contributed by atoms with Crippen molar-refractivity contribution in [3.05, 3.63) is 78.3 Å². The zero-order chi connectivity index (χ0) is 23.3. The van der Waals surface area contributed by atoms with Crippen molar-refractivity contribution in [3.8, 4) is 11.5 Å². The fourth-order valence-corrected chi connectivity index (χ4v) is 4.57. The quantitative estimate of drug-likeness (QED) is 0.437. The lowest BCUT2D eigenvalue weighted by atomic mass is 10.1. The van der Waals surface area contributed by atoms with Crippen LogP contribution >= 0.6 is 0 Å². The molecule has 2 aromatic carbocycles. The Morgan fingerprint density at radius 1 is 1.09 bits per heavy atom. The van der Waals surface area contributed by atoms with Crippen molar-refractivity contribution in [1.82, 2.24) is 4.90 Å². The van der Waals surface area contributed by atoms with Gasteiger partial charge in [-0.2, -0.15) is 8.42 Å². The number of amides is 1. The van der Waals surface area contributed by atoms with Gasteiger partial charge in [-0.3, -0.25) is 4.79 Å². The normalized spacial score (nSPS) is 15.8. The number of rotatable bonds is 9. The highest BCUT2D eigenvalue weighted by molar-refractivity contribution is 7.87. The molecule has 0 bridgehead atoms. The number of hydrogen-bond acceptors (Lipinski definition) is 7. The first-order chi connectivity index (χ1) is 15.9. The second kappa shape index (κ2) is 10.1. The third kappa shape index (κ3) is 5.74. The number of hydrogen-bond donors (Lipinski definition) is 0. The first kappa shape index (κ1) is 22.9. The highest BCUT2D eigenvalue weighted by Gasteiger charge is 2.25. The van der Waals surface area contributed by atoms with Crippen molar-refractivity contribution in [2.75, 3.05) is 20.3 Å². The molecular formula is C24H25NO7S. The van der Waals surface area contributed by atoms with Crippen LogP contribution in [0.4, 0.5) is 0 Å². The Morgan fingerprint density at radius 3 is 2.58 bits per heavy atom. The highest BCUT2D eigenvalue weighted by atomic mass is 32.2. The molecule has 1 atom stereocenters. The number of carbonyl (C=O) groups excluding carboxylic acids is 1. The summed E-state index contributed by atoms with van der Waals surface area (Å²) in [5.74, 6) is 0.685. The summed E-state index contributed by atoms with van der Waals surface area (Å²) in [5.41, 5.74) is 0.718. The van der Waals surface area contributed by atoms with E-state index >= 15 is 0 Å². The van der Waals surface area contributed by atoms with E-state index in [1.807, 2.05) is 6.07 Å². The van der Waals surface area contributed by atoms with Crippen molar-refractivity contribution >= 4 is 16.0 Å². The maximum atomic E-state index is 13.0. The lowest BCUT2D eigenvalue weighted by molar-refractivity contribution is 0.0484. The van der Waals surface area contributed by atoms with Crippen LogP contribution in [0.1, 0.15) is 29.0 Å². The van der Waals surface area contributed by atoms with E-state index in [0.29, 0.717) is 18.9 Å². The standard InChI is InChI=1S/C24H25NO7S/c1-29-19-9-11-22(12-10-19)33(27,28)32-20-6-2-5-18(15-20)16-25(17-21-7-3-13-30-21)24(26)23-8-4-14-31-23/h2,4-6,8-12,14-15,21H,3,7,13,16-17H2,1H3. The van der Waals surface area contributed by atoms with Gasteiger partial charge >= 0.3 is 10.1 Å². The number of methoxy groups -OCH3 is 1. The average molecular weight is 472 g/mol. The van der Waals surface area contributed by atoms with Crippen LogP contribution < -0.4 is 8.92 Å². The predicted octanol–water partition coefficient (Wildman–Crippen LogP) is 3.88. The number of benzene rings is 2. The minimum Gasteiger partial charge on any atom is -0.497 e. The first-order valence-corrected chi connectivity index (χ1v) is 12.0. The Bertz CT molecular complexity index is 1170. The van der Waals surface area contributed by atoms with Gasteiger partial charge in [-0.1, -0.05) is 12.1 Å². The minimum atomic E-state index is -4.03. The van der Waals surface area contributed by atoms with Gasteiger partial charge in [0.2, 0.25) is 0 Å². The second-order valence-corrected chi connectivity index (χ2v) is 9.20. The summed E-state index contributed by atoms with van der Waals surface area (Å²) in [5, 5.41) is 0. The molecule has 0 N–H and O–H groups in total. The molecule has 1 amide bonds. The van der Waals surface area contributed by atoms with E-state index in [1.54, 1.807) is 47.4 Å². The monoisotopic (exact) mass is 471 g/mol. The molecule has 174 valence electrons. The van der Waals surface area contributed by atoms with E-state index in [2.05, 4.69) is 0 Å². The maximum Gasteiger partial charge on any atom is 0.339 e. The Hall–Kier alpha value is -3.30. The van der Waals surface area contributed by atoms with Crippen molar-refractivity contribution in [2.45, 2.75) is 30.4 Å². The lowest BCUT2D eigenvalue weighted by Gasteiger charge is -2.25. The molecule has 9 heteroatoms. The SMILES string of the molecule is COc1ccc(S(=O)(=O)Oc2cccc(CN(CC3CCCO3)C(=O)c3ccco3)c2)cc1. The largest absolute Gasteiger partial charge is 0.497 e. The summed E-state index contributed by atoms with van der Waals surface area (Å²) in [6.07, 6.45) is 3.25. The van der Waals surface area contributed by atoms with Crippen LogP contribution in [-0.2, 0) is 21.4 Å². The Balaban J connectivity index is 1.51. The number of carbonyl (C=O) groups is 1. The molecule has 3 aromatic rings. The van der Waals surface area contributed by atoms with E-state index in [9.17, 15) is 13.2 Å². The van der Waals surface area contributed by atoms with Crippen LogP contribution in [0.2, 0.25) is 0 Å². The molecule has 4 rings (SSSR count). The molecule has 1 saturated heterocycles. The number of furan rings is 1. The van der Waals surface area contributed by atoms with Gasteiger partial charge < -0.3 is 23.0 Å². The summed E-state index contributed by atoms with van der Waals surface area (Å²) in [6, 6.07) is 15.9. The first-order valence-electron chi connectivity index (χ1n) is 10.6. The Morgan fingerprint density at radius 2 is 1.91 bits per heavy atom. The number of nitrogens with zero attached hydrogens (tertiary/aromatic N) is 1. The van der Waals surface area contributed by atoms with E-state index in [1.165, 1.54) is 25.5 Å². The molecule has 33 heavy (non-hydrogen) atoms. The van der Waals surface area contributed by atoms with Crippen LogP contribution in [0.3, 0.4) is 0 Å². The van der Waals surface area contributed by atoms with E-state index in [4.69, 9.17) is 18.1 Å². The van der Waals surface area contributed by atoms with Crippen molar-refractivity contribution in [1.29, 1.82) is 0 Å². The van der Waals surface area contributed by atoms with Gasteiger partial charge in [-0.15, -0.1) is 0 Å². The molecular weight excluding hydrogens is 446 g/mol. The topological polar surface area (TPSA) is 95.3 Å². The van der Waals surface area contributed by atoms with Gasteiger partial charge in [0, 0.05) is 19.7 Å². The van der Waals surface area contributed by atoms with E-state index < -0.39 is 10.1 Å². The summed E-state index contributed by atoms with van der Waals surface area (Å²) < 4.78 is 46.7. The fourth-order valence-electron chi connectivity index (χ4n) is 3.64. The zero-order valence-corrected chi connectivity index (χ0v) is 19.0. The van der Waals surface area contributed by atoms with Gasteiger partial charge in [0.05, 0.1) is 19.5 Å². The zero-order valence-electron chi connectivity index (χ0n) is 18.2. The molecule has 0 saturated carbocycles. The van der Waals surface area contributed by atoms with Gasteiger partial charge in [0.15, 0.2) is 5.76 Å². The van der Waals surface area contributed by atoms with Crippen molar-refractivity contribution in [2.24, 2.45) is 0 Å². The highest BCUT2D eigenvalue weighted by Crippen LogP contribution is 2.23. The molecule has 1 unspecified atom stereocenters. The molecule has 1 aromatic heterocycles. The van der Waals surface area contributed by atoms with Gasteiger partial charge in [0.25, 0.3) is 5.91 Å². The van der Waals surface area contributed by atoms with Gasteiger partial charge in [0.1, 0.15) is 16.4 Å². The van der Waals surface area contributed by atoms with Crippen molar-refractivity contribution in [3.63, 3.8) is 0 Å². The summed E-state index contributed by atoms with van der Waals surface area (Å²) in [6.45, 7) is 1.34. The van der Waals surface area contributed by atoms with Crippen LogP contribution in [0.15, 0.2) is 76.2 Å². The third-order valence-electron chi connectivity index (χ3n) is 5.29. The van der Waals surface area contributed by atoms with Gasteiger partial charge in [-0.25, -0.2) is 0 Å². The fraction of sp³-hybridized carbons (Fsp3) is 0.292. The number of ether oxygens (including phenoxy) is 2. The average Bonchev–Trinajstić information content (AvgIpc) is 3.53. The van der Waals surface area contributed by atoms with Crippen LogP contribution in [-0.4, -0.2) is 45.6 Å². The maximum absolute atomic E-state index is 13.0. The molecule has 1 aliphatic heterocycles. The Kier molecular flexibility index (Phi) is 7.00.